The number of carbonyl (C=O) groups excluding carboxylic acids is 1. The number of rotatable bonds is 7. The van der Waals surface area contributed by atoms with E-state index >= 15 is 0 Å². The van der Waals surface area contributed by atoms with Gasteiger partial charge in [0.1, 0.15) is 5.75 Å². The van der Waals surface area contributed by atoms with Gasteiger partial charge in [-0.05, 0) is 47.9 Å². The summed E-state index contributed by atoms with van der Waals surface area (Å²) in [6.07, 6.45) is 17.1. The molecule has 5 rings (SSSR count). The van der Waals surface area contributed by atoms with E-state index in [0.29, 0.717) is 11.7 Å². The van der Waals surface area contributed by atoms with Crippen molar-refractivity contribution in [3.63, 3.8) is 0 Å². The molecule has 0 saturated heterocycles. The van der Waals surface area contributed by atoms with Crippen LogP contribution in [0.25, 0.3) is 0 Å². The predicted molar refractivity (Wildman–Crippen MR) is 131 cm³/mol. The molecule has 0 aliphatic heterocycles. The molecular formula is C28H28N4O2. The monoisotopic (exact) mass is 452 g/mol. The third-order valence-corrected chi connectivity index (χ3v) is 6.34. The van der Waals surface area contributed by atoms with Gasteiger partial charge in [0.05, 0.1) is 25.1 Å². The molecule has 0 radical (unpaired) electrons. The van der Waals surface area contributed by atoms with E-state index in [1.165, 1.54) is 23.6 Å². The van der Waals surface area contributed by atoms with E-state index in [4.69, 9.17) is 4.74 Å². The minimum absolute atomic E-state index is 0.0442. The summed E-state index contributed by atoms with van der Waals surface area (Å²) in [5, 5.41) is 4.61. The third kappa shape index (κ3) is 4.86. The Bertz CT molecular complexity index is 1280. The molecule has 4 aromatic rings. The number of nitrogens with zero attached hydrogens (tertiary/aromatic N) is 4. The first-order valence-electron chi connectivity index (χ1n) is 11.7. The highest BCUT2D eigenvalue weighted by Crippen LogP contribution is 2.33. The number of carbonyl (C=O) groups is 1. The van der Waals surface area contributed by atoms with Crippen LogP contribution in [0.3, 0.4) is 0 Å². The highest BCUT2D eigenvalue weighted by atomic mass is 16.5. The van der Waals surface area contributed by atoms with Crippen LogP contribution in [0.4, 0.5) is 0 Å². The van der Waals surface area contributed by atoms with Gasteiger partial charge in [0.2, 0.25) is 0 Å². The van der Waals surface area contributed by atoms with Gasteiger partial charge in [0.25, 0.3) is 0 Å². The molecule has 6 nitrogen and oxygen atoms in total. The van der Waals surface area contributed by atoms with Crippen molar-refractivity contribution in [1.29, 1.82) is 0 Å². The van der Waals surface area contributed by atoms with Crippen molar-refractivity contribution in [3.8, 4) is 5.75 Å². The second kappa shape index (κ2) is 9.91. The number of ether oxygens (including phenoxy) is 1. The second-order valence-electron chi connectivity index (χ2n) is 8.74. The van der Waals surface area contributed by atoms with Crippen molar-refractivity contribution < 1.29 is 9.53 Å². The molecule has 1 aliphatic carbocycles. The first-order chi connectivity index (χ1) is 16.7. The van der Waals surface area contributed by atoms with E-state index in [9.17, 15) is 4.79 Å². The van der Waals surface area contributed by atoms with Gasteiger partial charge in [-0.2, -0.15) is 5.10 Å². The summed E-state index contributed by atoms with van der Waals surface area (Å²) >= 11 is 0. The largest absolute Gasteiger partial charge is 0.426 e. The standard InChI is InChI=1S/C28H28N4O2/c1-21(33)34-27-11-5-10-24-17-22(12-13-26(24)27)7-6-15-32-19-25(18-30-32)28(31-16-14-29-20-31)23-8-3-2-4-9-23/h2-11,14,16,18-20,22,28H,12-13,15,17H2,1H3. The summed E-state index contributed by atoms with van der Waals surface area (Å²) in [5.74, 6) is 0.914. The van der Waals surface area contributed by atoms with Crippen LogP contribution >= 0.6 is 0 Å². The van der Waals surface area contributed by atoms with Crippen LogP contribution in [0.1, 0.15) is 41.6 Å². The molecule has 6 heteroatoms. The van der Waals surface area contributed by atoms with E-state index in [1.54, 1.807) is 6.20 Å². The van der Waals surface area contributed by atoms with Crippen molar-refractivity contribution in [3.05, 3.63) is 114 Å². The van der Waals surface area contributed by atoms with Gasteiger partial charge in [0, 0.05) is 31.1 Å². The molecule has 2 atom stereocenters. The van der Waals surface area contributed by atoms with Crippen molar-refractivity contribution in [2.75, 3.05) is 0 Å². The molecule has 0 spiro atoms. The Kier molecular flexibility index (Phi) is 6.38. The van der Waals surface area contributed by atoms with E-state index in [2.05, 4.69) is 63.3 Å². The lowest BCUT2D eigenvalue weighted by atomic mass is 9.83. The highest BCUT2D eigenvalue weighted by Gasteiger charge is 2.21. The Morgan fingerprint density at radius 3 is 2.85 bits per heavy atom. The molecular weight excluding hydrogens is 424 g/mol. The van der Waals surface area contributed by atoms with E-state index < -0.39 is 0 Å². The lowest BCUT2D eigenvalue weighted by Gasteiger charge is -2.24. The summed E-state index contributed by atoms with van der Waals surface area (Å²) in [5.41, 5.74) is 4.77. The third-order valence-electron chi connectivity index (χ3n) is 6.34. The lowest BCUT2D eigenvalue weighted by Crippen LogP contribution is -2.15. The first-order valence-corrected chi connectivity index (χ1v) is 11.7. The zero-order valence-electron chi connectivity index (χ0n) is 19.2. The summed E-state index contributed by atoms with van der Waals surface area (Å²) < 4.78 is 9.48. The smallest absolute Gasteiger partial charge is 0.308 e. The molecule has 34 heavy (non-hydrogen) atoms. The topological polar surface area (TPSA) is 61.9 Å². The minimum atomic E-state index is -0.267. The zero-order valence-corrected chi connectivity index (χ0v) is 19.2. The predicted octanol–water partition coefficient (Wildman–Crippen LogP) is 5.00. The van der Waals surface area contributed by atoms with Crippen LogP contribution in [-0.4, -0.2) is 25.3 Å². The van der Waals surface area contributed by atoms with Crippen LogP contribution in [0, 0.1) is 5.92 Å². The van der Waals surface area contributed by atoms with Gasteiger partial charge in [-0.25, -0.2) is 4.98 Å². The Labute approximate surface area is 199 Å². The number of allylic oxidation sites excluding steroid dienone is 2. The van der Waals surface area contributed by atoms with Crippen molar-refractivity contribution in [1.82, 2.24) is 19.3 Å². The van der Waals surface area contributed by atoms with Crippen LogP contribution in [0.2, 0.25) is 0 Å². The average Bonchev–Trinajstić information content (AvgIpc) is 3.53. The fourth-order valence-corrected chi connectivity index (χ4v) is 4.79. The molecule has 0 amide bonds. The maximum atomic E-state index is 11.4. The Morgan fingerprint density at radius 2 is 2.06 bits per heavy atom. The molecule has 2 aromatic heterocycles. The molecule has 1 aliphatic rings. The van der Waals surface area contributed by atoms with Crippen LogP contribution in [-0.2, 0) is 24.2 Å². The molecule has 2 heterocycles. The van der Waals surface area contributed by atoms with Gasteiger partial charge in [-0.15, -0.1) is 0 Å². The van der Waals surface area contributed by atoms with E-state index in [1.807, 2.05) is 41.6 Å². The van der Waals surface area contributed by atoms with Crippen LogP contribution in [0.5, 0.6) is 5.75 Å². The maximum Gasteiger partial charge on any atom is 0.308 e. The van der Waals surface area contributed by atoms with Crippen molar-refractivity contribution in [2.24, 2.45) is 5.92 Å². The lowest BCUT2D eigenvalue weighted by molar-refractivity contribution is -0.131. The average molecular weight is 453 g/mol. The fraction of sp³-hybridized carbons (Fsp3) is 0.250. The SMILES string of the molecule is CC(=O)Oc1cccc2c1CCC(C=CCn1cc(C(c3ccccc3)n3ccnc3)cn1)C2. The zero-order chi connectivity index (χ0) is 23.3. The van der Waals surface area contributed by atoms with Crippen LogP contribution < -0.4 is 4.74 Å². The highest BCUT2D eigenvalue weighted by molar-refractivity contribution is 5.70. The Balaban J connectivity index is 1.26. The molecule has 0 saturated carbocycles. The van der Waals surface area contributed by atoms with E-state index in [0.717, 1.165) is 31.4 Å². The fourth-order valence-electron chi connectivity index (χ4n) is 4.79. The second-order valence-corrected chi connectivity index (χ2v) is 8.74. The quantitative estimate of drug-likeness (QED) is 0.225. The number of fused-ring (bicyclic) bond motifs is 1. The normalized spacial score (nSPS) is 16.3. The summed E-state index contributed by atoms with van der Waals surface area (Å²) in [6, 6.07) is 16.5. The Hall–Kier alpha value is -3.93. The maximum absolute atomic E-state index is 11.4. The molecule has 2 aromatic carbocycles. The number of esters is 1. The molecule has 2 unspecified atom stereocenters. The van der Waals surface area contributed by atoms with Gasteiger partial charge in [0.15, 0.2) is 0 Å². The Morgan fingerprint density at radius 1 is 1.18 bits per heavy atom. The number of aromatic nitrogens is 4. The van der Waals surface area contributed by atoms with Gasteiger partial charge in [-0.3, -0.25) is 9.48 Å². The summed E-state index contributed by atoms with van der Waals surface area (Å²) in [7, 11) is 0. The number of hydrogen-bond acceptors (Lipinski definition) is 4. The van der Waals surface area contributed by atoms with Crippen molar-refractivity contribution in [2.45, 2.75) is 38.8 Å². The number of hydrogen-bond donors (Lipinski definition) is 0. The number of benzene rings is 2. The first kappa shape index (κ1) is 21.9. The van der Waals surface area contributed by atoms with E-state index in [-0.39, 0.29) is 12.0 Å². The minimum Gasteiger partial charge on any atom is -0.426 e. The van der Waals surface area contributed by atoms with Gasteiger partial charge >= 0.3 is 5.97 Å². The molecule has 0 bridgehead atoms. The molecule has 172 valence electrons. The van der Waals surface area contributed by atoms with Gasteiger partial charge < -0.3 is 9.30 Å². The molecule has 0 N–H and O–H groups in total. The molecule has 0 fully saturated rings. The number of imidazole rings is 1. The summed E-state index contributed by atoms with van der Waals surface area (Å²) in [4.78, 5) is 15.6. The van der Waals surface area contributed by atoms with Crippen LogP contribution in [0.15, 0.2) is 91.8 Å². The van der Waals surface area contributed by atoms with Gasteiger partial charge in [-0.1, -0.05) is 54.6 Å². The summed E-state index contributed by atoms with van der Waals surface area (Å²) in [6.45, 7) is 2.17. The van der Waals surface area contributed by atoms with Crippen molar-refractivity contribution >= 4 is 5.97 Å².